The molecule has 166 valence electrons. The molecule has 32 heavy (non-hydrogen) atoms. The van der Waals surface area contributed by atoms with Crippen LogP contribution >= 0.6 is 11.6 Å². The summed E-state index contributed by atoms with van der Waals surface area (Å²) < 4.78 is 32.5. The quantitative estimate of drug-likeness (QED) is 0.518. The molecule has 0 aliphatic heterocycles. The minimum atomic E-state index is -4.07. The lowest BCUT2D eigenvalue weighted by molar-refractivity contribution is -0.114. The van der Waals surface area contributed by atoms with Crippen LogP contribution in [0, 0.1) is 6.92 Å². The Morgan fingerprint density at radius 2 is 1.69 bits per heavy atom. The number of amides is 1. The molecule has 7 nitrogen and oxygen atoms in total. The van der Waals surface area contributed by atoms with E-state index in [2.05, 4.69) is 10.1 Å². The van der Waals surface area contributed by atoms with E-state index in [1.54, 1.807) is 49.4 Å². The third kappa shape index (κ3) is 5.27. The van der Waals surface area contributed by atoms with Crippen LogP contribution in [0.5, 0.6) is 0 Å². The molecule has 0 bridgehead atoms. The highest BCUT2D eigenvalue weighted by Gasteiger charge is 2.28. The number of hydrogen-bond acceptors (Lipinski definition) is 5. The van der Waals surface area contributed by atoms with E-state index < -0.39 is 28.4 Å². The number of esters is 1. The summed E-state index contributed by atoms with van der Waals surface area (Å²) in [6, 6.07) is 18.8. The molecule has 1 N–H and O–H groups in total. The average molecular weight is 473 g/mol. The molecule has 0 aliphatic carbocycles. The number of carbonyl (C=O) groups is 2. The maximum atomic E-state index is 13.4. The average Bonchev–Trinajstić information content (AvgIpc) is 2.78. The Kier molecular flexibility index (Phi) is 7.17. The fourth-order valence-electron chi connectivity index (χ4n) is 3.05. The van der Waals surface area contributed by atoms with Crippen LogP contribution in [0.4, 0.5) is 11.4 Å². The molecule has 0 saturated carbocycles. The van der Waals surface area contributed by atoms with Crippen molar-refractivity contribution in [1.82, 2.24) is 0 Å². The number of anilines is 2. The number of rotatable bonds is 7. The molecule has 0 radical (unpaired) electrons. The largest absolute Gasteiger partial charge is 0.465 e. The zero-order valence-corrected chi connectivity index (χ0v) is 19.0. The van der Waals surface area contributed by atoms with Crippen molar-refractivity contribution in [3.63, 3.8) is 0 Å². The molecule has 0 unspecified atom stereocenters. The lowest BCUT2D eigenvalue weighted by Gasteiger charge is -2.25. The SMILES string of the molecule is COC(=O)c1cccc(NC(=O)CN(c2ccccc2C)S(=O)(=O)c2ccc(Cl)cc2)c1. The van der Waals surface area contributed by atoms with Crippen molar-refractivity contribution >= 4 is 44.9 Å². The Bertz CT molecular complexity index is 1240. The molecule has 1 amide bonds. The van der Waals surface area contributed by atoms with E-state index in [0.717, 1.165) is 4.31 Å². The van der Waals surface area contributed by atoms with Gasteiger partial charge in [-0.15, -0.1) is 0 Å². The Balaban J connectivity index is 1.93. The van der Waals surface area contributed by atoms with Crippen LogP contribution < -0.4 is 9.62 Å². The van der Waals surface area contributed by atoms with Crippen molar-refractivity contribution in [1.29, 1.82) is 0 Å². The summed E-state index contributed by atoms with van der Waals surface area (Å²) in [6.45, 7) is 1.29. The van der Waals surface area contributed by atoms with Crippen molar-refractivity contribution in [3.05, 3.63) is 88.9 Å². The molecule has 0 saturated heterocycles. The van der Waals surface area contributed by atoms with Gasteiger partial charge in [-0.3, -0.25) is 9.10 Å². The zero-order valence-electron chi connectivity index (χ0n) is 17.4. The van der Waals surface area contributed by atoms with Gasteiger partial charge in [0.2, 0.25) is 5.91 Å². The third-order valence-corrected chi connectivity index (χ3v) is 6.67. The molecule has 0 fully saturated rings. The number of halogens is 1. The highest BCUT2D eigenvalue weighted by Crippen LogP contribution is 2.27. The van der Waals surface area contributed by atoms with Crippen LogP contribution in [0.2, 0.25) is 5.02 Å². The standard InChI is InChI=1S/C23H21ClN2O5S/c1-16-6-3-4-9-21(16)26(32(29,30)20-12-10-18(24)11-13-20)15-22(27)25-19-8-5-7-17(14-19)23(28)31-2/h3-14H,15H2,1-2H3,(H,25,27). The predicted octanol–water partition coefficient (Wildman–Crippen LogP) is 4.27. The molecule has 0 spiro atoms. The van der Waals surface area contributed by atoms with Crippen molar-refractivity contribution in [2.45, 2.75) is 11.8 Å². The topological polar surface area (TPSA) is 92.8 Å². The predicted molar refractivity (Wildman–Crippen MR) is 124 cm³/mol. The number of sulfonamides is 1. The minimum absolute atomic E-state index is 0.00522. The van der Waals surface area contributed by atoms with E-state index in [9.17, 15) is 18.0 Å². The molecule has 3 rings (SSSR count). The molecule has 0 aliphatic rings. The smallest absolute Gasteiger partial charge is 0.337 e. The Labute approximate surface area is 191 Å². The van der Waals surface area contributed by atoms with E-state index in [0.29, 0.717) is 22.0 Å². The Hall–Kier alpha value is -3.36. The van der Waals surface area contributed by atoms with Crippen LogP contribution in [0.3, 0.4) is 0 Å². The number of methoxy groups -OCH3 is 1. The van der Waals surface area contributed by atoms with Crippen LogP contribution in [0.25, 0.3) is 0 Å². The second kappa shape index (κ2) is 9.84. The van der Waals surface area contributed by atoms with Gasteiger partial charge < -0.3 is 10.1 Å². The van der Waals surface area contributed by atoms with E-state index in [1.807, 2.05) is 0 Å². The van der Waals surface area contributed by atoms with Crippen LogP contribution in [0.1, 0.15) is 15.9 Å². The third-order valence-electron chi connectivity index (χ3n) is 4.64. The van der Waals surface area contributed by atoms with Gasteiger partial charge in [0.25, 0.3) is 10.0 Å². The summed E-state index contributed by atoms with van der Waals surface area (Å²) in [5.41, 5.74) is 1.66. The molecular weight excluding hydrogens is 452 g/mol. The molecule has 9 heteroatoms. The van der Waals surface area contributed by atoms with Crippen LogP contribution in [-0.2, 0) is 19.6 Å². The first-order valence-electron chi connectivity index (χ1n) is 9.54. The van der Waals surface area contributed by atoms with E-state index in [4.69, 9.17) is 11.6 Å². The first-order chi connectivity index (χ1) is 15.2. The monoisotopic (exact) mass is 472 g/mol. The first-order valence-corrected chi connectivity index (χ1v) is 11.4. The molecule has 3 aromatic carbocycles. The van der Waals surface area contributed by atoms with Crippen molar-refractivity contribution < 1.29 is 22.7 Å². The lowest BCUT2D eigenvalue weighted by atomic mass is 10.2. The van der Waals surface area contributed by atoms with Crippen molar-refractivity contribution in [3.8, 4) is 0 Å². The lowest BCUT2D eigenvalue weighted by Crippen LogP contribution is -2.38. The van der Waals surface area contributed by atoms with E-state index >= 15 is 0 Å². The number of hydrogen-bond donors (Lipinski definition) is 1. The summed E-state index contributed by atoms with van der Waals surface area (Å²) in [6.07, 6.45) is 0. The molecule has 0 aromatic heterocycles. The first kappa shape index (κ1) is 23.3. The second-order valence-electron chi connectivity index (χ2n) is 6.87. The summed E-state index contributed by atoms with van der Waals surface area (Å²) in [5, 5.41) is 3.04. The van der Waals surface area contributed by atoms with Gasteiger partial charge >= 0.3 is 5.97 Å². The van der Waals surface area contributed by atoms with Crippen molar-refractivity contribution in [2.75, 3.05) is 23.3 Å². The van der Waals surface area contributed by atoms with Gasteiger partial charge in [-0.25, -0.2) is 13.2 Å². The normalized spacial score (nSPS) is 11.0. The minimum Gasteiger partial charge on any atom is -0.465 e. The summed E-state index contributed by atoms with van der Waals surface area (Å²) in [4.78, 5) is 24.6. The fraction of sp³-hybridized carbons (Fsp3) is 0.130. The van der Waals surface area contributed by atoms with Gasteiger partial charge in [0.1, 0.15) is 6.54 Å². The maximum Gasteiger partial charge on any atom is 0.337 e. The number of ether oxygens (including phenoxy) is 1. The summed E-state index contributed by atoms with van der Waals surface area (Å²) in [7, 11) is -2.81. The van der Waals surface area contributed by atoms with E-state index in [-0.39, 0.29) is 10.5 Å². The second-order valence-corrected chi connectivity index (χ2v) is 9.17. The maximum absolute atomic E-state index is 13.4. The Morgan fingerprint density at radius 3 is 2.34 bits per heavy atom. The fourth-order valence-corrected chi connectivity index (χ4v) is 4.66. The number of nitrogens with one attached hydrogen (secondary N) is 1. The van der Waals surface area contributed by atoms with Gasteiger partial charge in [-0.05, 0) is 61.0 Å². The highest BCUT2D eigenvalue weighted by atomic mass is 35.5. The summed E-state index contributed by atoms with van der Waals surface area (Å²) >= 11 is 5.90. The number of carbonyl (C=O) groups excluding carboxylic acids is 2. The summed E-state index contributed by atoms with van der Waals surface area (Å²) in [5.74, 6) is -1.12. The zero-order chi connectivity index (χ0) is 23.3. The van der Waals surface area contributed by atoms with Gasteiger partial charge in [-0.1, -0.05) is 35.9 Å². The number of para-hydroxylation sites is 1. The van der Waals surface area contributed by atoms with Gasteiger partial charge in [0, 0.05) is 10.7 Å². The van der Waals surface area contributed by atoms with E-state index in [1.165, 1.54) is 37.4 Å². The van der Waals surface area contributed by atoms with Gasteiger partial charge in [0.15, 0.2) is 0 Å². The molecule has 0 atom stereocenters. The Morgan fingerprint density at radius 1 is 1.00 bits per heavy atom. The highest BCUT2D eigenvalue weighted by molar-refractivity contribution is 7.92. The molecule has 0 heterocycles. The molecular formula is C23H21ClN2O5S. The number of benzene rings is 3. The van der Waals surface area contributed by atoms with Crippen LogP contribution in [0.15, 0.2) is 77.7 Å². The molecule has 3 aromatic rings. The number of nitrogens with zero attached hydrogens (tertiary/aromatic N) is 1. The number of aryl methyl sites for hydroxylation is 1. The van der Waals surface area contributed by atoms with Crippen LogP contribution in [-0.4, -0.2) is 33.9 Å². The van der Waals surface area contributed by atoms with Gasteiger partial charge in [0.05, 0.1) is 23.3 Å². The van der Waals surface area contributed by atoms with Crippen molar-refractivity contribution in [2.24, 2.45) is 0 Å². The van der Waals surface area contributed by atoms with Gasteiger partial charge in [-0.2, -0.15) is 0 Å².